The third kappa shape index (κ3) is 14.0. The van der Waals surface area contributed by atoms with Crippen molar-refractivity contribution in [1.82, 2.24) is 0 Å². The summed E-state index contributed by atoms with van der Waals surface area (Å²) in [4.78, 5) is 11.3. The fourth-order valence-electron chi connectivity index (χ4n) is 4.20. The highest BCUT2D eigenvalue weighted by Gasteiger charge is 2.04. The first kappa shape index (κ1) is 32.7. The Morgan fingerprint density at radius 1 is 0.750 bits per heavy atom. The fourth-order valence-corrected chi connectivity index (χ4v) is 4.20. The van der Waals surface area contributed by atoms with Gasteiger partial charge in [-0.05, 0) is 92.6 Å². The molecule has 2 aromatic rings. The maximum Gasteiger partial charge on any atom is 0.333 e. The van der Waals surface area contributed by atoms with E-state index in [2.05, 4.69) is 19.6 Å². The van der Waals surface area contributed by atoms with Gasteiger partial charge in [0.1, 0.15) is 11.5 Å². The Kier molecular flexibility index (Phi) is 16.7. The largest absolute Gasteiger partial charge is 0.494 e. The van der Waals surface area contributed by atoms with Gasteiger partial charge in [-0.2, -0.15) is 5.26 Å². The van der Waals surface area contributed by atoms with Crippen molar-refractivity contribution >= 4 is 17.6 Å². The molecule has 0 spiro atoms. The summed E-state index contributed by atoms with van der Waals surface area (Å²) in [5, 5.41) is 9.73. The summed E-state index contributed by atoms with van der Waals surface area (Å²) in [5.41, 5.74) is 2.85. The van der Waals surface area contributed by atoms with Gasteiger partial charge in [0.2, 0.25) is 0 Å². The van der Waals surface area contributed by atoms with Crippen molar-refractivity contribution in [3.63, 3.8) is 0 Å². The van der Waals surface area contributed by atoms with Crippen LogP contribution in [0.15, 0.2) is 60.7 Å². The lowest BCUT2D eigenvalue weighted by Crippen LogP contribution is -2.06. The van der Waals surface area contributed by atoms with Crippen molar-refractivity contribution in [2.45, 2.75) is 90.9 Å². The lowest BCUT2D eigenvalue weighted by molar-refractivity contribution is -0.139. The summed E-state index contributed by atoms with van der Waals surface area (Å²) in [5.74, 6) is 1.33. The molecular weight excluding hydrogens is 498 g/mol. The zero-order valence-corrected chi connectivity index (χ0v) is 24.6. The lowest BCUT2D eigenvalue weighted by Gasteiger charge is -2.08. The molecule has 0 aliphatic heterocycles. The Hall–Kier alpha value is -3.52. The van der Waals surface area contributed by atoms with Crippen molar-refractivity contribution in [3.05, 3.63) is 71.8 Å². The standard InChI is InChI=1S/C35H47NO4/c1-4-5-6-7-8-9-10-13-24-38-33-20-16-30(17-21-33)27-32(28-36)31-18-22-34(23-19-31)39-25-14-11-12-15-26-40-35(37)29(2)3/h16-23,27H,2,4-15,24-26H2,1,3H3. The van der Waals surface area contributed by atoms with Gasteiger partial charge in [0.25, 0.3) is 0 Å². The molecule has 0 saturated carbocycles. The second-order valence-electron chi connectivity index (χ2n) is 10.3. The zero-order valence-electron chi connectivity index (χ0n) is 24.6. The summed E-state index contributed by atoms with van der Waals surface area (Å²) in [6.45, 7) is 9.27. The number of unbranched alkanes of at least 4 members (excludes halogenated alkanes) is 10. The second kappa shape index (κ2) is 20.4. The van der Waals surface area contributed by atoms with Crippen LogP contribution in [0.2, 0.25) is 0 Å². The quantitative estimate of drug-likeness (QED) is 0.0514. The van der Waals surface area contributed by atoms with Crippen LogP contribution in [-0.4, -0.2) is 25.8 Å². The first-order chi connectivity index (χ1) is 19.5. The van der Waals surface area contributed by atoms with Crippen LogP contribution in [0, 0.1) is 11.3 Å². The molecule has 40 heavy (non-hydrogen) atoms. The maximum absolute atomic E-state index is 11.3. The number of rotatable bonds is 21. The summed E-state index contributed by atoms with van der Waals surface area (Å²) >= 11 is 0. The van der Waals surface area contributed by atoms with Gasteiger partial charge in [-0.3, -0.25) is 0 Å². The van der Waals surface area contributed by atoms with Crippen molar-refractivity contribution in [2.75, 3.05) is 19.8 Å². The number of hydrogen-bond donors (Lipinski definition) is 0. The van der Waals surface area contributed by atoms with E-state index in [1.165, 1.54) is 44.9 Å². The molecule has 0 atom stereocenters. The molecule has 0 amide bonds. The number of carbonyl (C=O) groups is 1. The molecule has 0 bridgehead atoms. The normalized spacial score (nSPS) is 11.1. The highest BCUT2D eigenvalue weighted by Crippen LogP contribution is 2.22. The molecule has 5 heteroatoms. The van der Waals surface area contributed by atoms with Gasteiger partial charge in [0.15, 0.2) is 0 Å². The third-order valence-corrected chi connectivity index (χ3v) is 6.63. The van der Waals surface area contributed by atoms with Gasteiger partial charge in [0, 0.05) is 5.57 Å². The Labute approximate surface area is 241 Å². The fraction of sp³-hybridized carbons (Fsp3) is 0.486. The highest BCUT2D eigenvalue weighted by atomic mass is 16.5. The summed E-state index contributed by atoms with van der Waals surface area (Å²) in [6, 6.07) is 17.9. The van der Waals surface area contributed by atoms with E-state index in [0.717, 1.165) is 61.3 Å². The van der Waals surface area contributed by atoms with Crippen LogP contribution >= 0.6 is 0 Å². The molecule has 0 saturated heterocycles. The van der Waals surface area contributed by atoms with Crippen LogP contribution < -0.4 is 9.47 Å². The zero-order chi connectivity index (χ0) is 28.8. The van der Waals surface area contributed by atoms with Crippen molar-refractivity contribution in [2.24, 2.45) is 0 Å². The molecule has 216 valence electrons. The van der Waals surface area contributed by atoms with E-state index in [1.807, 2.05) is 54.6 Å². The van der Waals surface area contributed by atoms with E-state index in [1.54, 1.807) is 6.92 Å². The van der Waals surface area contributed by atoms with Crippen LogP contribution in [0.1, 0.15) is 102 Å². The van der Waals surface area contributed by atoms with E-state index in [4.69, 9.17) is 14.2 Å². The number of nitriles is 1. The molecule has 0 unspecified atom stereocenters. The highest BCUT2D eigenvalue weighted by molar-refractivity contribution is 5.89. The van der Waals surface area contributed by atoms with Crippen LogP contribution in [-0.2, 0) is 9.53 Å². The smallest absolute Gasteiger partial charge is 0.333 e. The van der Waals surface area contributed by atoms with Crippen LogP contribution in [0.25, 0.3) is 11.6 Å². The van der Waals surface area contributed by atoms with Crippen LogP contribution in [0.3, 0.4) is 0 Å². The Bertz CT molecular complexity index is 1060. The molecule has 0 radical (unpaired) electrons. The number of benzene rings is 2. The number of esters is 1. The number of hydrogen-bond acceptors (Lipinski definition) is 5. The van der Waals surface area contributed by atoms with E-state index in [0.29, 0.717) is 24.4 Å². The van der Waals surface area contributed by atoms with Gasteiger partial charge in [0.05, 0.1) is 31.5 Å². The Morgan fingerprint density at radius 3 is 1.73 bits per heavy atom. The topological polar surface area (TPSA) is 68.5 Å². The molecular formula is C35H47NO4. The predicted octanol–water partition coefficient (Wildman–Crippen LogP) is 9.33. The molecule has 0 aromatic heterocycles. The van der Waals surface area contributed by atoms with Gasteiger partial charge in [-0.25, -0.2) is 4.79 Å². The average Bonchev–Trinajstić information content (AvgIpc) is 2.97. The van der Waals surface area contributed by atoms with E-state index in [-0.39, 0.29) is 5.97 Å². The first-order valence-corrected chi connectivity index (χ1v) is 14.9. The molecule has 2 aromatic carbocycles. The third-order valence-electron chi connectivity index (χ3n) is 6.63. The minimum atomic E-state index is -0.326. The SMILES string of the molecule is C=C(C)C(=O)OCCCCCCOc1ccc(C(C#N)=Cc2ccc(OCCCCCCCCCC)cc2)cc1. The van der Waals surface area contributed by atoms with E-state index in [9.17, 15) is 10.1 Å². The molecule has 0 fully saturated rings. The van der Waals surface area contributed by atoms with Gasteiger partial charge in [-0.1, -0.05) is 70.6 Å². The van der Waals surface area contributed by atoms with E-state index < -0.39 is 0 Å². The van der Waals surface area contributed by atoms with Crippen molar-refractivity contribution in [1.29, 1.82) is 5.26 Å². The molecule has 0 N–H and O–H groups in total. The van der Waals surface area contributed by atoms with Gasteiger partial charge in [-0.15, -0.1) is 0 Å². The number of carbonyl (C=O) groups excluding carboxylic acids is 1. The van der Waals surface area contributed by atoms with Crippen molar-refractivity contribution in [3.8, 4) is 17.6 Å². The van der Waals surface area contributed by atoms with Crippen LogP contribution in [0.4, 0.5) is 0 Å². The minimum absolute atomic E-state index is 0.326. The van der Waals surface area contributed by atoms with E-state index >= 15 is 0 Å². The monoisotopic (exact) mass is 545 g/mol. The minimum Gasteiger partial charge on any atom is -0.494 e. The molecule has 2 rings (SSSR count). The second-order valence-corrected chi connectivity index (χ2v) is 10.3. The summed E-state index contributed by atoms with van der Waals surface area (Å²) in [6.07, 6.45) is 15.9. The summed E-state index contributed by atoms with van der Waals surface area (Å²) in [7, 11) is 0. The maximum atomic E-state index is 11.3. The van der Waals surface area contributed by atoms with Crippen molar-refractivity contribution < 1.29 is 19.0 Å². The predicted molar refractivity (Wildman–Crippen MR) is 164 cm³/mol. The first-order valence-electron chi connectivity index (χ1n) is 14.9. The van der Waals surface area contributed by atoms with Gasteiger partial charge < -0.3 is 14.2 Å². The Balaban J connectivity index is 1.67. The van der Waals surface area contributed by atoms with Crippen LogP contribution in [0.5, 0.6) is 11.5 Å². The number of nitrogens with zero attached hydrogens (tertiary/aromatic N) is 1. The molecule has 0 heterocycles. The summed E-state index contributed by atoms with van der Waals surface area (Å²) < 4.78 is 16.8. The molecule has 5 nitrogen and oxygen atoms in total. The Morgan fingerprint density at radius 2 is 1.23 bits per heavy atom. The molecule has 0 aliphatic rings. The number of ether oxygens (including phenoxy) is 3. The average molecular weight is 546 g/mol. The van der Waals surface area contributed by atoms with Gasteiger partial charge >= 0.3 is 5.97 Å². The lowest BCUT2D eigenvalue weighted by atomic mass is 10.0. The number of allylic oxidation sites excluding steroid dienone is 1. The molecule has 0 aliphatic carbocycles.